The Hall–Kier alpha value is -1.36. The molecular weight excluding hydrogens is 310 g/mol. The summed E-state index contributed by atoms with van der Waals surface area (Å²) in [5, 5.41) is 11.6. The molecule has 0 saturated carbocycles. The van der Waals surface area contributed by atoms with E-state index in [0.29, 0.717) is 5.56 Å². The van der Waals surface area contributed by atoms with E-state index in [1.165, 1.54) is 0 Å². The van der Waals surface area contributed by atoms with Crippen LogP contribution in [0, 0.1) is 12.8 Å². The summed E-state index contributed by atoms with van der Waals surface area (Å²) in [7, 11) is 0. The first-order chi connectivity index (χ1) is 8.81. The van der Waals surface area contributed by atoms with Gasteiger partial charge in [0.2, 0.25) is 0 Å². The van der Waals surface area contributed by atoms with E-state index in [4.69, 9.17) is 5.11 Å². The van der Waals surface area contributed by atoms with Gasteiger partial charge in [-0.1, -0.05) is 29.8 Å². The second kappa shape index (κ2) is 6.70. The average molecular weight is 328 g/mol. The lowest BCUT2D eigenvalue weighted by Gasteiger charge is -2.20. The second-order valence-corrected chi connectivity index (χ2v) is 5.74. The van der Waals surface area contributed by atoms with Gasteiger partial charge < -0.3 is 10.4 Å². The molecule has 4 nitrogen and oxygen atoms in total. The van der Waals surface area contributed by atoms with Crippen LogP contribution in [0.2, 0.25) is 0 Å². The summed E-state index contributed by atoms with van der Waals surface area (Å²) in [6, 6.07) is 4.93. The van der Waals surface area contributed by atoms with Crippen LogP contribution in [0.5, 0.6) is 0 Å². The molecule has 0 aromatic heterocycles. The SMILES string of the molecule is Cc1cc(C(=O)NC(CC(=O)O)C(C)C)ccc1Br. The quantitative estimate of drug-likeness (QED) is 0.873. The molecule has 0 aliphatic heterocycles. The van der Waals surface area contributed by atoms with Crippen molar-refractivity contribution in [3.63, 3.8) is 0 Å². The molecule has 1 atom stereocenters. The topological polar surface area (TPSA) is 66.4 Å². The zero-order chi connectivity index (χ0) is 14.6. The molecule has 0 saturated heterocycles. The first kappa shape index (κ1) is 15.7. The molecular formula is C14H18BrNO3. The molecule has 1 amide bonds. The highest BCUT2D eigenvalue weighted by molar-refractivity contribution is 9.10. The summed E-state index contributed by atoms with van der Waals surface area (Å²) in [5.74, 6) is -1.09. The van der Waals surface area contributed by atoms with Crippen molar-refractivity contribution in [2.75, 3.05) is 0 Å². The van der Waals surface area contributed by atoms with E-state index in [2.05, 4.69) is 21.2 Å². The predicted octanol–water partition coefficient (Wildman–Crippen LogP) is 2.99. The van der Waals surface area contributed by atoms with Crippen molar-refractivity contribution in [2.45, 2.75) is 33.2 Å². The number of carboxylic acid groups (broad SMARTS) is 1. The van der Waals surface area contributed by atoms with E-state index < -0.39 is 5.97 Å². The number of halogens is 1. The molecule has 1 rings (SSSR count). The Morgan fingerprint density at radius 2 is 2.00 bits per heavy atom. The maximum absolute atomic E-state index is 12.1. The smallest absolute Gasteiger partial charge is 0.305 e. The van der Waals surface area contributed by atoms with Crippen molar-refractivity contribution >= 4 is 27.8 Å². The highest BCUT2D eigenvalue weighted by atomic mass is 79.9. The molecule has 104 valence electrons. The van der Waals surface area contributed by atoms with Crippen LogP contribution in [0.25, 0.3) is 0 Å². The number of hydrogen-bond acceptors (Lipinski definition) is 2. The predicted molar refractivity (Wildman–Crippen MR) is 77.2 cm³/mol. The summed E-state index contributed by atoms with van der Waals surface area (Å²) in [4.78, 5) is 22.9. The van der Waals surface area contributed by atoms with Crippen LogP contribution >= 0.6 is 15.9 Å². The third kappa shape index (κ3) is 4.67. The van der Waals surface area contributed by atoms with Crippen LogP contribution in [0.3, 0.4) is 0 Å². The first-order valence-electron chi connectivity index (χ1n) is 6.10. The molecule has 0 heterocycles. The number of carbonyl (C=O) groups is 2. The Morgan fingerprint density at radius 3 is 2.47 bits per heavy atom. The van der Waals surface area contributed by atoms with Crippen molar-refractivity contribution < 1.29 is 14.7 Å². The molecule has 0 radical (unpaired) electrons. The molecule has 0 aliphatic rings. The number of benzene rings is 1. The van der Waals surface area contributed by atoms with E-state index in [0.717, 1.165) is 10.0 Å². The van der Waals surface area contributed by atoms with E-state index >= 15 is 0 Å². The lowest BCUT2D eigenvalue weighted by Crippen LogP contribution is -2.40. The zero-order valence-corrected chi connectivity index (χ0v) is 12.8. The van der Waals surface area contributed by atoms with Crippen LogP contribution in [-0.2, 0) is 4.79 Å². The maximum atomic E-state index is 12.1. The Labute approximate surface area is 121 Å². The number of hydrogen-bond donors (Lipinski definition) is 2. The molecule has 1 unspecified atom stereocenters. The van der Waals surface area contributed by atoms with Gasteiger partial charge in [0, 0.05) is 16.1 Å². The van der Waals surface area contributed by atoms with Gasteiger partial charge in [0.15, 0.2) is 0 Å². The molecule has 1 aromatic carbocycles. The number of carboxylic acids is 1. The number of nitrogens with one attached hydrogen (secondary N) is 1. The average Bonchev–Trinajstić information content (AvgIpc) is 2.31. The van der Waals surface area contributed by atoms with Crippen molar-refractivity contribution in [2.24, 2.45) is 5.92 Å². The van der Waals surface area contributed by atoms with Crippen LogP contribution < -0.4 is 5.32 Å². The minimum Gasteiger partial charge on any atom is -0.481 e. The van der Waals surface area contributed by atoms with Gasteiger partial charge >= 0.3 is 5.97 Å². The zero-order valence-electron chi connectivity index (χ0n) is 11.2. The van der Waals surface area contributed by atoms with Crippen molar-refractivity contribution in [1.82, 2.24) is 5.32 Å². The monoisotopic (exact) mass is 327 g/mol. The molecule has 19 heavy (non-hydrogen) atoms. The van der Waals surface area contributed by atoms with Gasteiger partial charge in [-0.15, -0.1) is 0 Å². The minimum absolute atomic E-state index is 0.0663. The van der Waals surface area contributed by atoms with E-state index in [1.807, 2.05) is 26.8 Å². The minimum atomic E-state index is -0.911. The normalized spacial score (nSPS) is 12.3. The number of rotatable bonds is 5. The van der Waals surface area contributed by atoms with E-state index in [9.17, 15) is 9.59 Å². The third-order valence-corrected chi connectivity index (χ3v) is 3.83. The fraction of sp³-hybridized carbons (Fsp3) is 0.429. The summed E-state index contributed by atoms with van der Waals surface area (Å²) < 4.78 is 0.940. The van der Waals surface area contributed by atoms with Crippen molar-refractivity contribution in [3.8, 4) is 0 Å². The summed E-state index contributed by atoms with van der Waals surface area (Å²) >= 11 is 3.38. The van der Waals surface area contributed by atoms with E-state index in [-0.39, 0.29) is 24.3 Å². The molecule has 0 bridgehead atoms. The van der Waals surface area contributed by atoms with Gasteiger partial charge in [0.1, 0.15) is 0 Å². The number of amides is 1. The lowest BCUT2D eigenvalue weighted by atomic mass is 10.0. The van der Waals surface area contributed by atoms with Crippen molar-refractivity contribution in [1.29, 1.82) is 0 Å². The highest BCUT2D eigenvalue weighted by Crippen LogP contribution is 2.17. The molecule has 0 fully saturated rings. The van der Waals surface area contributed by atoms with Crippen molar-refractivity contribution in [3.05, 3.63) is 33.8 Å². The van der Waals surface area contributed by atoms with Gasteiger partial charge in [0.05, 0.1) is 6.42 Å². The van der Waals surface area contributed by atoms with Crippen LogP contribution in [0.15, 0.2) is 22.7 Å². The standard InChI is InChI=1S/C14H18BrNO3/c1-8(2)12(7-13(17)18)16-14(19)10-4-5-11(15)9(3)6-10/h4-6,8,12H,7H2,1-3H3,(H,16,19)(H,17,18). The largest absolute Gasteiger partial charge is 0.481 e. The fourth-order valence-electron chi connectivity index (χ4n) is 1.68. The third-order valence-electron chi connectivity index (χ3n) is 2.94. The number of aliphatic carboxylic acids is 1. The fourth-order valence-corrected chi connectivity index (χ4v) is 1.93. The van der Waals surface area contributed by atoms with Crippen LogP contribution in [0.4, 0.5) is 0 Å². The van der Waals surface area contributed by atoms with Gasteiger partial charge in [-0.3, -0.25) is 9.59 Å². The Balaban J connectivity index is 2.81. The number of aryl methyl sites for hydroxylation is 1. The maximum Gasteiger partial charge on any atom is 0.305 e. The van der Waals surface area contributed by atoms with Gasteiger partial charge in [-0.2, -0.15) is 0 Å². The summed E-state index contributed by atoms with van der Waals surface area (Å²) in [6.45, 7) is 5.68. The molecule has 1 aromatic rings. The summed E-state index contributed by atoms with van der Waals surface area (Å²) in [5.41, 5.74) is 1.50. The summed E-state index contributed by atoms with van der Waals surface area (Å²) in [6.07, 6.45) is -0.0705. The first-order valence-corrected chi connectivity index (χ1v) is 6.89. The second-order valence-electron chi connectivity index (χ2n) is 4.89. The van der Waals surface area contributed by atoms with Gasteiger partial charge in [0.25, 0.3) is 5.91 Å². The Kier molecular flexibility index (Phi) is 5.54. The van der Waals surface area contributed by atoms with Gasteiger partial charge in [-0.25, -0.2) is 0 Å². The van der Waals surface area contributed by atoms with Crippen LogP contribution in [-0.4, -0.2) is 23.0 Å². The Morgan fingerprint density at radius 1 is 1.37 bits per heavy atom. The molecule has 0 spiro atoms. The lowest BCUT2D eigenvalue weighted by molar-refractivity contribution is -0.137. The van der Waals surface area contributed by atoms with Gasteiger partial charge in [-0.05, 0) is 36.6 Å². The highest BCUT2D eigenvalue weighted by Gasteiger charge is 2.20. The molecule has 2 N–H and O–H groups in total. The molecule has 5 heteroatoms. The van der Waals surface area contributed by atoms with E-state index in [1.54, 1.807) is 12.1 Å². The molecule has 0 aliphatic carbocycles. The Bertz CT molecular complexity index is 486. The number of carbonyl (C=O) groups excluding carboxylic acids is 1. The van der Waals surface area contributed by atoms with Crippen LogP contribution in [0.1, 0.15) is 36.2 Å².